The van der Waals surface area contributed by atoms with Crippen molar-refractivity contribution in [2.75, 3.05) is 14.1 Å². The van der Waals surface area contributed by atoms with E-state index in [0.29, 0.717) is 35.3 Å². The maximum Gasteiger partial charge on any atom is 0.253 e. The van der Waals surface area contributed by atoms with Crippen LogP contribution in [0.1, 0.15) is 59.5 Å². The first-order chi connectivity index (χ1) is 18.6. The lowest BCUT2D eigenvalue weighted by Crippen LogP contribution is -2.21. The fourth-order valence-corrected chi connectivity index (χ4v) is 5.11. The summed E-state index contributed by atoms with van der Waals surface area (Å²) < 4.78 is 12.2. The predicted octanol–water partition coefficient (Wildman–Crippen LogP) is 7.87. The molecule has 0 bridgehead atoms. The van der Waals surface area contributed by atoms with Gasteiger partial charge in [0.2, 0.25) is 0 Å². The highest BCUT2D eigenvalue weighted by molar-refractivity contribution is 5.94. The predicted molar refractivity (Wildman–Crippen MR) is 151 cm³/mol. The molecule has 5 rings (SSSR count). The van der Waals surface area contributed by atoms with E-state index in [1.54, 1.807) is 43.5 Å². The van der Waals surface area contributed by atoms with Gasteiger partial charge in [-0.25, -0.2) is 0 Å². The molecule has 1 amide bonds. The first-order valence-electron chi connectivity index (χ1n) is 13.3. The van der Waals surface area contributed by atoms with Gasteiger partial charge in [0.15, 0.2) is 0 Å². The second kappa shape index (κ2) is 12.0. The summed E-state index contributed by atoms with van der Waals surface area (Å²) >= 11 is 0. The van der Waals surface area contributed by atoms with Gasteiger partial charge < -0.3 is 14.4 Å². The summed E-state index contributed by atoms with van der Waals surface area (Å²) in [6.07, 6.45) is 9.98. The summed E-state index contributed by atoms with van der Waals surface area (Å²) in [4.78, 5) is 18.3. The van der Waals surface area contributed by atoms with Crippen LogP contribution in [0.25, 0.3) is 11.1 Å². The third-order valence-electron chi connectivity index (χ3n) is 7.09. The van der Waals surface area contributed by atoms with Gasteiger partial charge in [0, 0.05) is 38.1 Å². The van der Waals surface area contributed by atoms with Crippen LogP contribution in [0.15, 0.2) is 91.3 Å². The second-order valence-corrected chi connectivity index (χ2v) is 10.1. The third kappa shape index (κ3) is 6.23. The summed E-state index contributed by atoms with van der Waals surface area (Å²) in [6.45, 7) is 0.372. The molecule has 0 unspecified atom stereocenters. The Morgan fingerprint density at radius 1 is 0.842 bits per heavy atom. The minimum atomic E-state index is -0.112. The van der Waals surface area contributed by atoms with Crippen molar-refractivity contribution in [3.05, 3.63) is 108 Å². The molecule has 5 nitrogen and oxygen atoms in total. The fourth-order valence-electron chi connectivity index (χ4n) is 5.11. The van der Waals surface area contributed by atoms with E-state index in [0.717, 1.165) is 5.56 Å². The number of ether oxygens (including phenoxy) is 2. The van der Waals surface area contributed by atoms with Gasteiger partial charge in [-0.15, -0.1) is 0 Å². The molecule has 5 heteroatoms. The fraction of sp³-hybridized carbons (Fsp3) is 0.273. The molecule has 1 aromatic heterocycles. The molecular formula is C33H34N2O3. The highest BCUT2D eigenvalue weighted by Gasteiger charge is 2.19. The summed E-state index contributed by atoms with van der Waals surface area (Å²) in [7, 11) is 3.47. The van der Waals surface area contributed by atoms with Crippen LogP contribution in [0, 0.1) is 0 Å². The summed E-state index contributed by atoms with van der Waals surface area (Å²) in [5, 5.41) is 0. The average Bonchev–Trinajstić information content (AvgIpc) is 2.97. The monoisotopic (exact) mass is 506 g/mol. The largest absolute Gasteiger partial charge is 0.489 e. The molecule has 0 aliphatic heterocycles. The molecule has 4 aromatic rings. The van der Waals surface area contributed by atoms with Gasteiger partial charge in [-0.2, -0.15) is 0 Å². The number of benzene rings is 3. The summed E-state index contributed by atoms with van der Waals surface area (Å²) in [5.74, 6) is 2.36. The number of rotatable bonds is 8. The number of aromatic nitrogens is 1. The van der Waals surface area contributed by atoms with Crippen molar-refractivity contribution < 1.29 is 14.3 Å². The average molecular weight is 507 g/mol. The SMILES string of the molecule is CN(C)C(=O)c1cc(OCc2ccncc2)cc(Oc2ccc(-c3ccccc3C3CCCCC3)cc2)c1. The molecule has 0 N–H and O–H groups in total. The van der Waals surface area contributed by atoms with Gasteiger partial charge >= 0.3 is 0 Å². The quantitative estimate of drug-likeness (QED) is 0.244. The van der Waals surface area contributed by atoms with Crippen molar-refractivity contribution in [2.24, 2.45) is 0 Å². The minimum Gasteiger partial charge on any atom is -0.489 e. The van der Waals surface area contributed by atoms with Crippen molar-refractivity contribution >= 4 is 5.91 Å². The Morgan fingerprint density at radius 3 is 2.29 bits per heavy atom. The van der Waals surface area contributed by atoms with E-state index < -0.39 is 0 Å². The zero-order valence-electron chi connectivity index (χ0n) is 22.1. The Labute approximate surface area is 225 Å². The van der Waals surface area contributed by atoms with Crippen LogP contribution in [-0.2, 0) is 6.61 Å². The number of hydrogen-bond donors (Lipinski definition) is 0. The van der Waals surface area contributed by atoms with E-state index in [-0.39, 0.29) is 5.91 Å². The zero-order valence-corrected chi connectivity index (χ0v) is 22.1. The van der Waals surface area contributed by atoms with Crippen molar-refractivity contribution in [3.8, 4) is 28.4 Å². The van der Waals surface area contributed by atoms with E-state index in [2.05, 4.69) is 41.4 Å². The van der Waals surface area contributed by atoms with Gasteiger partial charge in [-0.05, 0) is 77.4 Å². The lowest BCUT2D eigenvalue weighted by atomic mass is 9.81. The number of carbonyl (C=O) groups is 1. The number of nitrogens with zero attached hydrogens (tertiary/aromatic N) is 2. The summed E-state index contributed by atoms with van der Waals surface area (Å²) in [5.41, 5.74) is 5.45. The standard InChI is InChI=1S/C33H34N2O3/c1-35(2)33(36)27-20-29(37-23-24-16-18-34-19-17-24)22-30(21-27)38-28-14-12-26(13-15-28)32-11-7-6-10-31(32)25-8-4-3-5-9-25/h6-7,10-22,25H,3-5,8-9,23H2,1-2H3. The number of hydrogen-bond acceptors (Lipinski definition) is 4. The summed E-state index contributed by atoms with van der Waals surface area (Å²) in [6, 6.07) is 26.1. The number of carbonyl (C=O) groups excluding carboxylic acids is 1. The van der Waals surface area contributed by atoms with Gasteiger partial charge in [-0.1, -0.05) is 55.7 Å². The maximum absolute atomic E-state index is 12.7. The highest BCUT2D eigenvalue weighted by Crippen LogP contribution is 2.38. The molecule has 1 saturated carbocycles. The van der Waals surface area contributed by atoms with Gasteiger partial charge in [-0.3, -0.25) is 9.78 Å². The molecule has 194 valence electrons. The molecule has 0 radical (unpaired) electrons. The van der Waals surface area contributed by atoms with Crippen LogP contribution in [0.3, 0.4) is 0 Å². The molecule has 0 spiro atoms. The van der Waals surface area contributed by atoms with Crippen LogP contribution < -0.4 is 9.47 Å². The second-order valence-electron chi connectivity index (χ2n) is 10.1. The minimum absolute atomic E-state index is 0.112. The molecule has 1 aliphatic carbocycles. The molecular weight excluding hydrogens is 472 g/mol. The molecule has 0 saturated heterocycles. The van der Waals surface area contributed by atoms with E-state index in [1.165, 1.54) is 48.8 Å². The van der Waals surface area contributed by atoms with E-state index in [4.69, 9.17) is 9.47 Å². The van der Waals surface area contributed by atoms with Crippen molar-refractivity contribution in [3.63, 3.8) is 0 Å². The van der Waals surface area contributed by atoms with Crippen molar-refractivity contribution in [1.29, 1.82) is 0 Å². The van der Waals surface area contributed by atoms with Gasteiger partial charge in [0.25, 0.3) is 5.91 Å². The number of amides is 1. The van der Waals surface area contributed by atoms with Crippen molar-refractivity contribution in [1.82, 2.24) is 9.88 Å². The van der Waals surface area contributed by atoms with Crippen LogP contribution in [0.4, 0.5) is 0 Å². The molecule has 1 heterocycles. The van der Waals surface area contributed by atoms with Crippen LogP contribution >= 0.6 is 0 Å². The van der Waals surface area contributed by atoms with E-state index in [1.807, 2.05) is 30.3 Å². The topological polar surface area (TPSA) is 51.7 Å². The van der Waals surface area contributed by atoms with E-state index >= 15 is 0 Å². The maximum atomic E-state index is 12.7. The van der Waals surface area contributed by atoms with Crippen molar-refractivity contribution in [2.45, 2.75) is 44.6 Å². The Hall–Kier alpha value is -4.12. The lowest BCUT2D eigenvalue weighted by molar-refractivity contribution is 0.0826. The smallest absolute Gasteiger partial charge is 0.253 e. The van der Waals surface area contributed by atoms with Gasteiger partial charge in [0.1, 0.15) is 23.9 Å². The van der Waals surface area contributed by atoms with Crippen LogP contribution in [0.5, 0.6) is 17.2 Å². The first-order valence-corrected chi connectivity index (χ1v) is 13.3. The molecule has 38 heavy (non-hydrogen) atoms. The first kappa shape index (κ1) is 25.5. The zero-order chi connectivity index (χ0) is 26.3. The van der Waals surface area contributed by atoms with Crippen LogP contribution in [0.2, 0.25) is 0 Å². The molecule has 1 aliphatic rings. The molecule has 0 atom stereocenters. The van der Waals surface area contributed by atoms with Crippen LogP contribution in [-0.4, -0.2) is 29.9 Å². The Morgan fingerprint density at radius 2 is 1.55 bits per heavy atom. The van der Waals surface area contributed by atoms with Gasteiger partial charge in [0.05, 0.1) is 0 Å². The Balaban J connectivity index is 1.36. The number of pyridine rings is 1. The highest BCUT2D eigenvalue weighted by atomic mass is 16.5. The third-order valence-corrected chi connectivity index (χ3v) is 7.09. The molecule has 1 fully saturated rings. The lowest BCUT2D eigenvalue weighted by Gasteiger charge is -2.24. The molecule has 3 aromatic carbocycles. The Bertz CT molecular complexity index is 1360. The Kier molecular flexibility index (Phi) is 8.03. The van der Waals surface area contributed by atoms with E-state index in [9.17, 15) is 4.79 Å². The normalized spacial score (nSPS) is 13.6.